The summed E-state index contributed by atoms with van der Waals surface area (Å²) in [5.74, 6) is -0.148. The molecular weight excluding hydrogens is 805 g/mol. The Morgan fingerprint density at radius 1 is 0.863 bits per heavy atom. The molecule has 51 heavy (non-hydrogen) atoms. The molecule has 2 heterocycles. The number of morpholine rings is 1. The molecule has 293 valence electrons. The molecule has 0 aromatic carbocycles. The molecule has 0 bridgehead atoms. The summed E-state index contributed by atoms with van der Waals surface area (Å²) in [5, 5.41) is 15.5. The second-order valence-electron chi connectivity index (χ2n) is 13.8. The van der Waals surface area contributed by atoms with Crippen LogP contribution in [-0.2, 0) is 42.8 Å². The van der Waals surface area contributed by atoms with Gasteiger partial charge in [-0.15, -0.1) is 0 Å². The maximum Gasteiger partial charge on any atom is 0.264 e. The smallest absolute Gasteiger partial charge is 0.264 e. The van der Waals surface area contributed by atoms with E-state index in [4.69, 9.17) is 28.4 Å². The minimum Gasteiger partial charge on any atom is -0.528 e. The quantitative estimate of drug-likeness (QED) is 0.0448. The molecule has 3 amide bonds. The SMILES string of the molecule is CC(C)(/C=C(\C#N)C(=O)N1C[C@@H](C(=O)NCCOCCOCCOCCOCCOCCN[C-]=O)[C@H](C2CCCCC2)C1)CN1CCOCC1.[Tb]. The number of likely N-dealkylation sites (tertiary alicyclic amines) is 1. The zero-order valence-corrected chi connectivity index (χ0v) is 32.8. The molecule has 2 atom stereocenters. The van der Waals surface area contributed by atoms with Crippen molar-refractivity contribution >= 4 is 18.2 Å². The van der Waals surface area contributed by atoms with Crippen molar-refractivity contribution in [3.05, 3.63) is 11.6 Å². The van der Waals surface area contributed by atoms with E-state index < -0.39 is 0 Å². The summed E-state index contributed by atoms with van der Waals surface area (Å²) in [6, 6.07) is 2.17. The third-order valence-electron chi connectivity index (χ3n) is 9.34. The number of hydrogen-bond donors (Lipinski definition) is 2. The molecule has 0 aromatic rings. The Balaban J connectivity index is 0.00000901. The zero-order valence-electron chi connectivity index (χ0n) is 30.6. The van der Waals surface area contributed by atoms with E-state index in [1.165, 1.54) is 6.42 Å². The number of rotatable bonds is 25. The summed E-state index contributed by atoms with van der Waals surface area (Å²) in [7, 11) is 0. The van der Waals surface area contributed by atoms with Crippen molar-refractivity contribution in [3.8, 4) is 6.07 Å². The first-order valence-electron chi connectivity index (χ1n) is 18.3. The van der Waals surface area contributed by atoms with Crippen LogP contribution in [0, 0.1) is 73.1 Å². The number of amides is 3. The van der Waals surface area contributed by atoms with Crippen molar-refractivity contribution in [2.75, 3.05) is 125 Å². The Kier molecular flexibility index (Phi) is 24.5. The van der Waals surface area contributed by atoms with E-state index in [1.807, 2.05) is 6.08 Å². The monoisotopic (exact) mass is 865 g/mol. The third-order valence-corrected chi connectivity index (χ3v) is 9.34. The second kappa shape index (κ2) is 27.3. The van der Waals surface area contributed by atoms with E-state index in [0.717, 1.165) is 45.3 Å². The number of carbonyl (C=O) groups is 2. The van der Waals surface area contributed by atoms with Gasteiger partial charge >= 0.3 is 0 Å². The van der Waals surface area contributed by atoms with Gasteiger partial charge in [-0.3, -0.25) is 14.5 Å². The van der Waals surface area contributed by atoms with Crippen LogP contribution in [0.15, 0.2) is 11.6 Å². The van der Waals surface area contributed by atoms with Crippen molar-refractivity contribution in [1.29, 1.82) is 5.26 Å². The van der Waals surface area contributed by atoms with Gasteiger partial charge in [-0.2, -0.15) is 11.7 Å². The molecule has 0 unspecified atom stereocenters. The minimum absolute atomic E-state index is 0. The first-order valence-corrected chi connectivity index (χ1v) is 18.3. The van der Waals surface area contributed by atoms with Gasteiger partial charge in [0.15, 0.2) is 0 Å². The van der Waals surface area contributed by atoms with E-state index in [2.05, 4.69) is 35.5 Å². The Labute approximate surface area is 335 Å². The van der Waals surface area contributed by atoms with E-state index in [9.17, 15) is 19.6 Å². The molecule has 14 nitrogen and oxygen atoms in total. The van der Waals surface area contributed by atoms with Crippen LogP contribution in [0.1, 0.15) is 46.0 Å². The molecule has 0 aromatic heterocycles. The first-order chi connectivity index (χ1) is 24.3. The average Bonchev–Trinajstić information content (AvgIpc) is 3.58. The van der Waals surface area contributed by atoms with Gasteiger partial charge in [0, 0.05) is 84.4 Å². The molecule has 3 aliphatic rings. The van der Waals surface area contributed by atoms with Gasteiger partial charge in [-0.05, 0) is 17.3 Å². The summed E-state index contributed by atoms with van der Waals surface area (Å²) in [6.07, 6.45) is 9.06. The largest absolute Gasteiger partial charge is 0.528 e. The maximum absolute atomic E-state index is 13.7. The van der Waals surface area contributed by atoms with Gasteiger partial charge in [-0.25, -0.2) is 0 Å². The van der Waals surface area contributed by atoms with Crippen molar-refractivity contribution < 1.29 is 81.4 Å². The van der Waals surface area contributed by atoms with Crippen LogP contribution in [0.4, 0.5) is 0 Å². The predicted molar refractivity (Wildman–Crippen MR) is 186 cm³/mol. The molecule has 3 fully saturated rings. The summed E-state index contributed by atoms with van der Waals surface area (Å²) < 4.78 is 32.8. The second-order valence-corrected chi connectivity index (χ2v) is 13.8. The van der Waals surface area contributed by atoms with E-state index in [-0.39, 0.29) is 73.2 Å². The van der Waals surface area contributed by atoms with Gasteiger partial charge < -0.3 is 48.7 Å². The molecule has 15 heteroatoms. The number of hydrogen-bond acceptors (Lipinski definition) is 11. The molecule has 0 spiro atoms. The fourth-order valence-corrected chi connectivity index (χ4v) is 6.93. The predicted octanol–water partition coefficient (Wildman–Crippen LogP) is 1.31. The van der Waals surface area contributed by atoms with Crippen molar-refractivity contribution in [3.63, 3.8) is 0 Å². The van der Waals surface area contributed by atoms with Gasteiger partial charge in [0.1, 0.15) is 11.6 Å². The summed E-state index contributed by atoms with van der Waals surface area (Å²) >= 11 is 0. The molecule has 1 saturated carbocycles. The Hall–Kier alpha value is -1.35. The molecule has 3 rings (SSSR count). The average molecular weight is 866 g/mol. The molecule has 2 aliphatic heterocycles. The van der Waals surface area contributed by atoms with Crippen molar-refractivity contribution in [1.82, 2.24) is 20.4 Å². The van der Waals surface area contributed by atoms with E-state index in [0.29, 0.717) is 111 Å². The van der Waals surface area contributed by atoms with Crippen LogP contribution in [0.2, 0.25) is 0 Å². The molecule has 2 saturated heterocycles. The van der Waals surface area contributed by atoms with Crippen LogP contribution in [0.3, 0.4) is 0 Å². The number of ether oxygens (including phenoxy) is 6. The van der Waals surface area contributed by atoms with Crippen LogP contribution in [0.25, 0.3) is 0 Å². The maximum atomic E-state index is 13.7. The fourth-order valence-electron chi connectivity index (χ4n) is 6.93. The van der Waals surface area contributed by atoms with Crippen LogP contribution < -0.4 is 10.6 Å². The summed E-state index contributed by atoms with van der Waals surface area (Å²) in [6.45, 7) is 13.9. The summed E-state index contributed by atoms with van der Waals surface area (Å²) in [4.78, 5) is 41.2. The normalized spacial score (nSPS) is 20.4. The number of nitriles is 1. The molecule has 1 radical (unpaired) electrons. The number of carbonyl (C=O) groups excluding carboxylic acids is 3. The van der Waals surface area contributed by atoms with Crippen molar-refractivity contribution in [2.45, 2.75) is 46.0 Å². The Morgan fingerprint density at radius 3 is 1.96 bits per heavy atom. The van der Waals surface area contributed by atoms with Crippen LogP contribution in [0.5, 0.6) is 0 Å². The third kappa shape index (κ3) is 18.5. The van der Waals surface area contributed by atoms with Gasteiger partial charge in [0.05, 0.1) is 85.2 Å². The fraction of sp³-hybridized carbons (Fsp3) is 0.833. The zero-order chi connectivity index (χ0) is 35.9. The molecular formula is C36H60N5O9Tb-. The minimum atomic E-state index is -0.361. The molecule has 1 aliphatic carbocycles. The van der Waals surface area contributed by atoms with Crippen LogP contribution in [-0.4, -0.2) is 153 Å². The number of nitrogens with one attached hydrogen (secondary N) is 2. The molecule has 2 N–H and O–H groups in total. The van der Waals surface area contributed by atoms with Gasteiger partial charge in [0.25, 0.3) is 5.91 Å². The van der Waals surface area contributed by atoms with E-state index in [1.54, 1.807) is 11.3 Å². The first kappa shape index (κ1) is 45.8. The standard InChI is InChI=1S/C36H60N5O9.Tb/c1-36(2,28-40-10-14-47-15-11-40)24-31(25-37)35(44)41-26-32(30-6-4-3-5-7-30)33(27-41)34(43)39-9-13-46-17-19-49-21-23-50-22-20-48-18-16-45-12-8-38-29-42;/h24,30,32-33H,3-23,26-28H2,1-2H3,(H,38,42)(H,39,43);/q-1;/b31-24+;/t32-,33+;/m0./s1. The van der Waals surface area contributed by atoms with Crippen molar-refractivity contribution in [2.24, 2.45) is 23.2 Å². The number of nitrogens with zero attached hydrogens (tertiary/aromatic N) is 3. The van der Waals surface area contributed by atoms with Gasteiger partial charge in [-0.1, -0.05) is 52.0 Å². The van der Waals surface area contributed by atoms with Crippen LogP contribution >= 0.6 is 0 Å². The summed E-state index contributed by atoms with van der Waals surface area (Å²) in [5.41, 5.74) is -0.207. The van der Waals surface area contributed by atoms with Gasteiger partial charge in [0.2, 0.25) is 5.91 Å². The van der Waals surface area contributed by atoms with E-state index >= 15 is 0 Å². The topological polar surface area (TPSA) is 161 Å². The Morgan fingerprint density at radius 2 is 1.41 bits per heavy atom. The Bertz CT molecular complexity index is 1060.